The number of hydrogen-bond acceptors (Lipinski definition) is 5. The lowest BCUT2D eigenvalue weighted by Crippen LogP contribution is -2.46. The molecule has 2 unspecified atom stereocenters. The van der Waals surface area contributed by atoms with Gasteiger partial charge in [0, 0.05) is 37.4 Å². The monoisotopic (exact) mass is 453 g/mol. The van der Waals surface area contributed by atoms with Crippen molar-refractivity contribution in [2.45, 2.75) is 84.7 Å². The lowest BCUT2D eigenvalue weighted by Gasteiger charge is -2.38. The van der Waals surface area contributed by atoms with E-state index in [1.165, 1.54) is 5.69 Å². The van der Waals surface area contributed by atoms with Crippen LogP contribution in [0, 0.1) is 13.8 Å². The third kappa shape index (κ3) is 7.19. The number of carbonyl (C=O) groups is 1. The van der Waals surface area contributed by atoms with Crippen LogP contribution in [0.5, 0.6) is 0 Å². The Bertz CT molecular complexity index is 844. The lowest BCUT2D eigenvalue weighted by molar-refractivity contribution is -0.116. The van der Waals surface area contributed by atoms with Crippen LogP contribution in [0.15, 0.2) is 12.1 Å². The Labute approximate surface area is 188 Å². The predicted octanol–water partition coefficient (Wildman–Crippen LogP) is 3.74. The number of sulfonamides is 1. The van der Waals surface area contributed by atoms with Gasteiger partial charge in [0.15, 0.2) is 0 Å². The van der Waals surface area contributed by atoms with Crippen molar-refractivity contribution in [2.24, 2.45) is 0 Å². The molecule has 1 aromatic rings. The Morgan fingerprint density at radius 2 is 1.65 bits per heavy atom. The molecule has 1 aromatic carbocycles. The van der Waals surface area contributed by atoms with Crippen LogP contribution in [0.2, 0.25) is 0 Å². The van der Waals surface area contributed by atoms with Gasteiger partial charge >= 0.3 is 0 Å². The maximum absolute atomic E-state index is 12.4. The second-order valence-corrected chi connectivity index (χ2v) is 12.2. The Kier molecular flexibility index (Phi) is 8.53. The molecule has 1 aliphatic rings. The normalized spacial score (nSPS) is 20.0. The van der Waals surface area contributed by atoms with Gasteiger partial charge in [-0.15, -0.1) is 0 Å². The summed E-state index contributed by atoms with van der Waals surface area (Å²) in [6.45, 7) is 15.4. The summed E-state index contributed by atoms with van der Waals surface area (Å²) < 4.78 is 31.7. The average molecular weight is 454 g/mol. The molecule has 0 spiro atoms. The maximum Gasteiger partial charge on any atom is 0.224 e. The van der Waals surface area contributed by atoms with E-state index in [1.807, 2.05) is 12.1 Å². The molecule has 2 N–H and O–H groups in total. The van der Waals surface area contributed by atoms with Crippen molar-refractivity contribution in [1.82, 2.24) is 4.72 Å². The Morgan fingerprint density at radius 3 is 2.16 bits per heavy atom. The van der Waals surface area contributed by atoms with Crippen LogP contribution >= 0.6 is 0 Å². The number of hydrogen-bond donors (Lipinski definition) is 2. The van der Waals surface area contributed by atoms with Crippen molar-refractivity contribution >= 4 is 27.3 Å². The molecule has 2 rings (SSSR count). The topological polar surface area (TPSA) is 87.7 Å². The molecule has 1 fully saturated rings. The molecule has 0 aliphatic carbocycles. The number of nitrogens with one attached hydrogen (secondary N) is 2. The molecule has 31 heavy (non-hydrogen) atoms. The number of aryl methyl sites for hydroxylation is 2. The van der Waals surface area contributed by atoms with Gasteiger partial charge in [-0.25, -0.2) is 13.1 Å². The second-order valence-electron chi connectivity index (χ2n) is 9.64. The summed E-state index contributed by atoms with van der Waals surface area (Å²) in [5.74, 6) is -0.0566. The molecule has 1 heterocycles. The number of rotatable bonds is 8. The number of unbranched alkanes of at least 4 members (excludes halogenated alkanes) is 1. The van der Waals surface area contributed by atoms with E-state index < -0.39 is 14.8 Å². The number of amides is 1. The fraction of sp³-hybridized carbons (Fsp3) is 0.696. The van der Waals surface area contributed by atoms with Gasteiger partial charge in [0.1, 0.15) is 0 Å². The minimum absolute atomic E-state index is 0.0566. The van der Waals surface area contributed by atoms with E-state index in [9.17, 15) is 13.2 Å². The van der Waals surface area contributed by atoms with Gasteiger partial charge in [0.05, 0.1) is 17.0 Å². The van der Waals surface area contributed by atoms with E-state index in [4.69, 9.17) is 4.74 Å². The zero-order valence-corrected chi connectivity index (χ0v) is 20.9. The van der Waals surface area contributed by atoms with Gasteiger partial charge in [-0.3, -0.25) is 4.79 Å². The van der Waals surface area contributed by atoms with Crippen LogP contribution in [0.3, 0.4) is 0 Å². The van der Waals surface area contributed by atoms with Gasteiger partial charge in [-0.1, -0.05) is 0 Å². The van der Waals surface area contributed by atoms with Crippen LogP contribution in [0.4, 0.5) is 11.4 Å². The summed E-state index contributed by atoms with van der Waals surface area (Å²) in [4.78, 5) is 14.7. The highest BCUT2D eigenvalue weighted by atomic mass is 32.2. The van der Waals surface area contributed by atoms with Crippen LogP contribution in [-0.4, -0.2) is 50.9 Å². The van der Waals surface area contributed by atoms with Crippen molar-refractivity contribution < 1.29 is 17.9 Å². The SMILES string of the molecule is Cc1cc(NC(=O)CCCCNS(=O)(=O)C(C)(C)C)cc(C)c1N1CC(C)OC(C)C1. The first-order valence-electron chi connectivity index (χ1n) is 11.1. The van der Waals surface area contributed by atoms with Crippen molar-refractivity contribution in [3.63, 3.8) is 0 Å². The van der Waals surface area contributed by atoms with E-state index in [-0.39, 0.29) is 18.1 Å². The molecule has 1 aliphatic heterocycles. The first-order valence-corrected chi connectivity index (χ1v) is 12.6. The van der Waals surface area contributed by atoms with E-state index in [0.717, 1.165) is 29.9 Å². The van der Waals surface area contributed by atoms with Gasteiger partial charge in [0.25, 0.3) is 0 Å². The number of carbonyl (C=O) groups excluding carboxylic acids is 1. The van der Waals surface area contributed by atoms with Crippen molar-refractivity contribution in [3.05, 3.63) is 23.3 Å². The highest BCUT2D eigenvalue weighted by Gasteiger charge is 2.28. The van der Waals surface area contributed by atoms with E-state index in [1.54, 1.807) is 20.8 Å². The molecule has 0 aromatic heterocycles. The summed E-state index contributed by atoms with van der Waals surface area (Å²) in [6.07, 6.45) is 1.98. The minimum atomic E-state index is -3.34. The first kappa shape index (κ1) is 25.6. The standard InChI is InChI=1S/C23H39N3O4S/c1-16-12-20(13-17(2)22(16)26-14-18(3)30-19(4)15-26)25-21(27)10-8-9-11-24-31(28,29)23(5,6)7/h12-13,18-19,24H,8-11,14-15H2,1-7H3,(H,25,27). The Morgan fingerprint density at radius 1 is 1.10 bits per heavy atom. The summed E-state index contributed by atoms with van der Waals surface area (Å²) in [5.41, 5.74) is 4.28. The number of morpholine rings is 1. The zero-order chi connectivity index (χ0) is 23.4. The first-order chi connectivity index (χ1) is 14.3. The van der Waals surface area contributed by atoms with Crippen LogP contribution < -0.4 is 14.9 Å². The van der Waals surface area contributed by atoms with Crippen molar-refractivity contribution in [2.75, 3.05) is 29.9 Å². The molecule has 2 atom stereocenters. The molecular weight excluding hydrogens is 414 g/mol. The third-order valence-electron chi connectivity index (χ3n) is 5.44. The Hall–Kier alpha value is -1.64. The van der Waals surface area contributed by atoms with Crippen LogP contribution in [0.25, 0.3) is 0 Å². The van der Waals surface area contributed by atoms with Gasteiger partial charge < -0.3 is 15.0 Å². The molecule has 0 saturated carbocycles. The molecule has 0 bridgehead atoms. The van der Waals surface area contributed by atoms with Crippen molar-refractivity contribution in [3.8, 4) is 0 Å². The summed E-state index contributed by atoms with van der Waals surface area (Å²) in [5, 5.41) is 2.98. The molecule has 1 saturated heterocycles. The highest BCUT2D eigenvalue weighted by Crippen LogP contribution is 2.31. The maximum atomic E-state index is 12.4. The fourth-order valence-electron chi connectivity index (χ4n) is 3.94. The molecule has 1 amide bonds. The fourth-order valence-corrected chi connectivity index (χ4v) is 4.79. The molecule has 0 radical (unpaired) electrons. The van der Waals surface area contributed by atoms with Crippen molar-refractivity contribution in [1.29, 1.82) is 0 Å². The molecule has 176 valence electrons. The van der Waals surface area contributed by atoms with Crippen LogP contribution in [-0.2, 0) is 19.6 Å². The van der Waals surface area contributed by atoms with Crippen LogP contribution in [0.1, 0.15) is 65.0 Å². The third-order valence-corrected chi connectivity index (χ3v) is 7.64. The number of nitrogens with zero attached hydrogens (tertiary/aromatic N) is 1. The number of benzene rings is 1. The largest absolute Gasteiger partial charge is 0.372 e. The highest BCUT2D eigenvalue weighted by molar-refractivity contribution is 7.90. The van der Waals surface area contributed by atoms with Gasteiger partial charge in [-0.2, -0.15) is 0 Å². The zero-order valence-electron chi connectivity index (χ0n) is 20.0. The number of anilines is 2. The second kappa shape index (κ2) is 10.3. The minimum Gasteiger partial charge on any atom is -0.372 e. The molecular formula is C23H39N3O4S. The van der Waals surface area contributed by atoms with Gasteiger partial charge in [-0.05, 0) is 84.6 Å². The quantitative estimate of drug-likeness (QED) is 0.586. The van der Waals surface area contributed by atoms with Gasteiger partial charge in [0.2, 0.25) is 15.9 Å². The summed E-state index contributed by atoms with van der Waals surface area (Å²) >= 11 is 0. The summed E-state index contributed by atoms with van der Waals surface area (Å²) in [6, 6.07) is 4.03. The molecule has 7 nitrogen and oxygen atoms in total. The van der Waals surface area contributed by atoms with E-state index in [0.29, 0.717) is 25.8 Å². The number of ether oxygens (including phenoxy) is 1. The van der Waals surface area contributed by atoms with E-state index >= 15 is 0 Å². The summed E-state index contributed by atoms with van der Waals surface area (Å²) in [7, 11) is -3.34. The smallest absolute Gasteiger partial charge is 0.224 e. The van der Waals surface area contributed by atoms with E-state index in [2.05, 4.69) is 42.6 Å². The predicted molar refractivity (Wildman–Crippen MR) is 127 cm³/mol. The lowest BCUT2D eigenvalue weighted by atomic mass is 10.0. The Balaban J connectivity index is 1.87. The average Bonchev–Trinajstić information content (AvgIpc) is 2.58. The molecule has 8 heteroatoms.